The number of benzene rings is 2. The predicted octanol–water partition coefficient (Wildman–Crippen LogP) is 4.00. The van der Waals surface area contributed by atoms with Crippen molar-refractivity contribution in [3.63, 3.8) is 0 Å². The number of para-hydroxylation sites is 1. The maximum Gasteiger partial charge on any atom is 0.280 e. The lowest BCUT2D eigenvalue weighted by Gasteiger charge is -2.13. The first-order chi connectivity index (χ1) is 14.1. The zero-order valence-electron chi connectivity index (χ0n) is 15.1. The number of hydrogen-bond donors (Lipinski definition) is 1. The molecule has 2 heterocycles. The van der Waals surface area contributed by atoms with E-state index in [0.29, 0.717) is 22.3 Å². The van der Waals surface area contributed by atoms with E-state index in [1.54, 1.807) is 48.8 Å². The molecular weight excluding hydrogens is 432 g/mol. The summed E-state index contributed by atoms with van der Waals surface area (Å²) in [6, 6.07) is 18.0. The molecule has 0 bridgehead atoms. The summed E-state index contributed by atoms with van der Waals surface area (Å²) in [4.78, 5) is 34.1. The Kier molecular flexibility index (Phi) is 5.31. The van der Waals surface area contributed by atoms with Crippen molar-refractivity contribution in [2.45, 2.75) is 0 Å². The summed E-state index contributed by atoms with van der Waals surface area (Å²) in [6.07, 6.45) is 6.27. The topological polar surface area (TPSA) is 76.9 Å². The van der Waals surface area contributed by atoms with Crippen molar-refractivity contribution in [3.05, 3.63) is 99.5 Å². The van der Waals surface area contributed by atoms with E-state index in [0.717, 1.165) is 10.0 Å². The number of fused-ring (bicyclic) bond motifs is 1. The molecule has 2 aromatic carbocycles. The minimum Gasteiger partial charge on any atom is -0.268 e. The van der Waals surface area contributed by atoms with Crippen molar-refractivity contribution in [3.8, 4) is 11.4 Å². The Labute approximate surface area is 174 Å². The highest BCUT2D eigenvalue weighted by atomic mass is 79.9. The highest BCUT2D eigenvalue weighted by molar-refractivity contribution is 9.10. The molecule has 1 amide bonds. The number of halogens is 1. The molecule has 0 fully saturated rings. The van der Waals surface area contributed by atoms with E-state index in [4.69, 9.17) is 0 Å². The summed E-state index contributed by atoms with van der Waals surface area (Å²) < 4.78 is 2.13. The van der Waals surface area contributed by atoms with Crippen molar-refractivity contribution in [2.75, 3.05) is 5.43 Å². The molecule has 1 N–H and O–H groups in total. The first-order valence-corrected chi connectivity index (χ1v) is 9.58. The van der Waals surface area contributed by atoms with Crippen LogP contribution in [0.15, 0.2) is 88.4 Å². The van der Waals surface area contributed by atoms with Gasteiger partial charge in [0.1, 0.15) is 0 Å². The summed E-state index contributed by atoms with van der Waals surface area (Å²) in [5, 5.41) is 0.419. The van der Waals surface area contributed by atoms with E-state index in [1.165, 1.54) is 10.8 Å². The van der Waals surface area contributed by atoms with E-state index in [-0.39, 0.29) is 5.56 Å². The zero-order chi connectivity index (χ0) is 20.2. The monoisotopic (exact) mass is 446 g/mol. The van der Waals surface area contributed by atoms with Crippen LogP contribution >= 0.6 is 15.9 Å². The van der Waals surface area contributed by atoms with E-state index in [2.05, 4.69) is 31.3 Å². The summed E-state index contributed by atoms with van der Waals surface area (Å²) in [5.41, 5.74) is 4.37. The van der Waals surface area contributed by atoms with E-state index in [9.17, 15) is 9.59 Å². The Morgan fingerprint density at radius 2 is 1.72 bits per heavy atom. The molecule has 0 aliphatic rings. The molecular formula is C22H15BrN4O2. The second kappa shape index (κ2) is 8.20. The number of aromatic nitrogens is 3. The fraction of sp³-hybridized carbons (Fsp3) is 0. The van der Waals surface area contributed by atoms with Crippen molar-refractivity contribution in [2.24, 2.45) is 0 Å². The lowest BCUT2D eigenvalue weighted by molar-refractivity contribution is -0.112. The van der Waals surface area contributed by atoms with Crippen molar-refractivity contribution in [1.82, 2.24) is 14.6 Å². The Balaban J connectivity index is 1.73. The molecule has 0 aliphatic carbocycles. The third-order valence-corrected chi connectivity index (χ3v) is 4.76. The second-order valence-electron chi connectivity index (χ2n) is 6.19. The highest BCUT2D eigenvalue weighted by Gasteiger charge is 2.14. The summed E-state index contributed by atoms with van der Waals surface area (Å²) in [7, 11) is 0. The molecule has 4 aromatic rings. The lowest BCUT2D eigenvalue weighted by Crippen LogP contribution is -2.34. The molecule has 0 atom stereocenters. The Hall–Kier alpha value is -3.58. The number of amides is 1. The Bertz CT molecular complexity index is 1270. The van der Waals surface area contributed by atoms with Gasteiger partial charge in [-0.05, 0) is 48.0 Å². The maximum absolute atomic E-state index is 13.0. The predicted molar refractivity (Wildman–Crippen MR) is 117 cm³/mol. The number of rotatable bonds is 4. The first kappa shape index (κ1) is 18.8. The lowest BCUT2D eigenvalue weighted by atomic mass is 10.2. The molecule has 0 spiro atoms. The third-order valence-electron chi connectivity index (χ3n) is 4.23. The average molecular weight is 447 g/mol. The minimum atomic E-state index is -0.442. The number of nitrogens with one attached hydrogen (secondary N) is 1. The Morgan fingerprint density at radius 3 is 2.48 bits per heavy atom. The van der Waals surface area contributed by atoms with Crippen LogP contribution < -0.4 is 11.0 Å². The summed E-state index contributed by atoms with van der Waals surface area (Å²) in [5.74, 6) is -0.108. The van der Waals surface area contributed by atoms with Crippen LogP contribution in [-0.4, -0.2) is 20.6 Å². The molecule has 2 aromatic heterocycles. The number of hydrogen-bond acceptors (Lipinski definition) is 4. The molecule has 0 aliphatic heterocycles. The van der Waals surface area contributed by atoms with Gasteiger partial charge in [-0.1, -0.05) is 40.2 Å². The van der Waals surface area contributed by atoms with Crippen LogP contribution in [0.2, 0.25) is 0 Å². The van der Waals surface area contributed by atoms with Crippen molar-refractivity contribution in [1.29, 1.82) is 0 Å². The normalized spacial score (nSPS) is 11.1. The molecule has 4 rings (SSSR count). The fourth-order valence-electron chi connectivity index (χ4n) is 2.82. The Morgan fingerprint density at radius 1 is 1.00 bits per heavy atom. The van der Waals surface area contributed by atoms with Crippen LogP contribution in [0.3, 0.4) is 0 Å². The van der Waals surface area contributed by atoms with Crippen LogP contribution in [0.25, 0.3) is 28.4 Å². The van der Waals surface area contributed by atoms with E-state index >= 15 is 0 Å². The van der Waals surface area contributed by atoms with Crippen LogP contribution in [0.4, 0.5) is 0 Å². The van der Waals surface area contributed by atoms with Gasteiger partial charge in [0.25, 0.3) is 11.5 Å². The standard InChI is InChI=1S/C22H15BrN4O2/c23-17-8-5-15(6-9-17)7-10-20(28)26-27-21(16-11-13-24-14-12-16)25-19-4-2-1-3-18(19)22(27)29/h1-14H,(H,26,28)/b10-7+. The van der Waals surface area contributed by atoms with Gasteiger partial charge in [-0.25, -0.2) is 4.98 Å². The van der Waals surface area contributed by atoms with Gasteiger partial charge in [-0.15, -0.1) is 0 Å². The molecule has 29 heavy (non-hydrogen) atoms. The number of carbonyl (C=O) groups is 1. The largest absolute Gasteiger partial charge is 0.280 e. The highest BCUT2D eigenvalue weighted by Crippen LogP contribution is 2.17. The fourth-order valence-corrected chi connectivity index (χ4v) is 3.09. The zero-order valence-corrected chi connectivity index (χ0v) is 16.7. The number of nitrogens with zero attached hydrogens (tertiary/aromatic N) is 3. The van der Waals surface area contributed by atoms with E-state index < -0.39 is 5.91 Å². The van der Waals surface area contributed by atoms with Crippen LogP contribution in [0.1, 0.15) is 5.56 Å². The van der Waals surface area contributed by atoms with Crippen molar-refractivity contribution >= 4 is 38.8 Å². The van der Waals surface area contributed by atoms with Gasteiger partial charge in [0, 0.05) is 28.5 Å². The smallest absolute Gasteiger partial charge is 0.268 e. The number of pyridine rings is 1. The molecule has 0 saturated carbocycles. The molecule has 7 heteroatoms. The van der Waals surface area contributed by atoms with Crippen LogP contribution in [0.5, 0.6) is 0 Å². The summed E-state index contributed by atoms with van der Waals surface area (Å²) >= 11 is 3.37. The third kappa shape index (κ3) is 4.14. The van der Waals surface area contributed by atoms with Crippen LogP contribution in [0, 0.1) is 0 Å². The molecule has 142 valence electrons. The van der Waals surface area contributed by atoms with Gasteiger partial charge in [-0.2, -0.15) is 4.68 Å². The quantitative estimate of drug-likeness (QED) is 0.480. The summed E-state index contributed by atoms with van der Waals surface area (Å²) in [6.45, 7) is 0. The number of carbonyl (C=O) groups excluding carboxylic acids is 1. The first-order valence-electron chi connectivity index (χ1n) is 8.79. The van der Waals surface area contributed by atoms with Gasteiger partial charge >= 0.3 is 0 Å². The maximum atomic E-state index is 13.0. The van der Waals surface area contributed by atoms with Gasteiger partial charge in [0.05, 0.1) is 10.9 Å². The van der Waals surface area contributed by atoms with Gasteiger partial charge in [-0.3, -0.25) is 20.0 Å². The average Bonchev–Trinajstić information content (AvgIpc) is 2.76. The van der Waals surface area contributed by atoms with E-state index in [1.807, 2.05) is 30.3 Å². The van der Waals surface area contributed by atoms with Gasteiger partial charge in [0.2, 0.25) is 0 Å². The minimum absolute atomic E-state index is 0.335. The molecule has 0 radical (unpaired) electrons. The van der Waals surface area contributed by atoms with Gasteiger partial charge < -0.3 is 0 Å². The van der Waals surface area contributed by atoms with Crippen LogP contribution in [-0.2, 0) is 4.79 Å². The molecule has 0 saturated heterocycles. The SMILES string of the molecule is O=C(/C=C/c1ccc(Br)cc1)Nn1c(-c2ccncc2)nc2ccccc2c1=O. The van der Waals surface area contributed by atoms with Gasteiger partial charge in [0.15, 0.2) is 5.82 Å². The second-order valence-corrected chi connectivity index (χ2v) is 7.11. The molecule has 6 nitrogen and oxygen atoms in total. The van der Waals surface area contributed by atoms with Crippen molar-refractivity contribution < 1.29 is 4.79 Å². The molecule has 0 unspecified atom stereocenters.